The molecular formula is C17H18BrNO2. The highest BCUT2D eigenvalue weighted by Gasteiger charge is 2.32. The number of nitrogens with two attached hydrogens (primary N) is 1. The first-order chi connectivity index (χ1) is 9.98. The van der Waals surface area contributed by atoms with Gasteiger partial charge in [0.1, 0.15) is 11.4 Å². The third-order valence-electron chi connectivity index (χ3n) is 3.52. The number of fused-ring (bicyclic) bond motifs is 1. The molecule has 0 amide bonds. The Morgan fingerprint density at radius 1 is 1.24 bits per heavy atom. The normalized spacial score (nSPS) is 15.4. The molecule has 0 aromatic heterocycles. The van der Waals surface area contributed by atoms with E-state index >= 15 is 0 Å². The number of para-hydroxylation sites is 1. The van der Waals surface area contributed by atoms with Gasteiger partial charge in [0.2, 0.25) is 0 Å². The van der Waals surface area contributed by atoms with Crippen LogP contribution < -0.4 is 15.2 Å². The highest BCUT2D eigenvalue weighted by molar-refractivity contribution is 9.10. The molecule has 1 heterocycles. The maximum atomic E-state index is 6.08. The Bertz CT molecular complexity index is 682. The summed E-state index contributed by atoms with van der Waals surface area (Å²) in [5, 5.41) is 0. The monoisotopic (exact) mass is 347 g/mol. The van der Waals surface area contributed by atoms with Crippen LogP contribution in [0.4, 0.5) is 0 Å². The topological polar surface area (TPSA) is 44.5 Å². The Morgan fingerprint density at radius 2 is 2.05 bits per heavy atom. The summed E-state index contributed by atoms with van der Waals surface area (Å²) in [4.78, 5) is 0. The van der Waals surface area contributed by atoms with Crippen molar-refractivity contribution >= 4 is 15.9 Å². The molecule has 0 atom stereocenters. The number of ether oxygens (including phenoxy) is 2. The molecule has 0 aliphatic carbocycles. The van der Waals surface area contributed by atoms with Crippen LogP contribution in [-0.4, -0.2) is 5.60 Å². The van der Waals surface area contributed by atoms with E-state index in [1.165, 1.54) is 5.56 Å². The predicted molar refractivity (Wildman–Crippen MR) is 87.0 cm³/mol. The summed E-state index contributed by atoms with van der Waals surface area (Å²) in [7, 11) is 0. The van der Waals surface area contributed by atoms with E-state index in [-0.39, 0.29) is 5.60 Å². The molecule has 4 heteroatoms. The zero-order valence-electron chi connectivity index (χ0n) is 12.2. The smallest absolute Gasteiger partial charge is 0.169 e. The van der Waals surface area contributed by atoms with Crippen LogP contribution >= 0.6 is 15.9 Å². The summed E-state index contributed by atoms with van der Waals surface area (Å²) in [6, 6.07) is 11.9. The van der Waals surface area contributed by atoms with Crippen LogP contribution in [0, 0.1) is 0 Å². The summed E-state index contributed by atoms with van der Waals surface area (Å²) in [6.45, 7) is 4.60. The SMILES string of the molecule is CC1(C)Cc2cccc(Oc3cc(Br)ccc3CN)c2O1. The van der Waals surface area contributed by atoms with Gasteiger partial charge in [-0.1, -0.05) is 34.1 Å². The van der Waals surface area contributed by atoms with Gasteiger partial charge in [-0.05, 0) is 32.0 Å². The molecule has 0 spiro atoms. The van der Waals surface area contributed by atoms with Crippen molar-refractivity contribution in [1.29, 1.82) is 0 Å². The van der Waals surface area contributed by atoms with Gasteiger partial charge in [0.05, 0.1) is 0 Å². The van der Waals surface area contributed by atoms with Crippen molar-refractivity contribution in [3.8, 4) is 17.2 Å². The minimum atomic E-state index is -0.185. The molecule has 0 unspecified atom stereocenters. The Labute approximate surface area is 133 Å². The van der Waals surface area contributed by atoms with Crippen molar-refractivity contribution in [1.82, 2.24) is 0 Å². The molecule has 21 heavy (non-hydrogen) atoms. The standard InChI is InChI=1S/C17H18BrNO2/c1-17(2)9-11-4-3-5-14(16(11)21-17)20-15-8-13(18)7-6-12(15)10-19/h3-8H,9-10,19H2,1-2H3. The third kappa shape index (κ3) is 2.92. The fourth-order valence-electron chi connectivity index (χ4n) is 2.58. The summed E-state index contributed by atoms with van der Waals surface area (Å²) in [5.41, 5.74) is 7.75. The van der Waals surface area contributed by atoms with Crippen LogP contribution in [0.1, 0.15) is 25.0 Å². The highest BCUT2D eigenvalue weighted by Crippen LogP contribution is 2.43. The summed E-state index contributed by atoms with van der Waals surface area (Å²) < 4.78 is 13.1. The zero-order chi connectivity index (χ0) is 15.0. The van der Waals surface area contributed by atoms with Gasteiger partial charge in [-0.3, -0.25) is 0 Å². The van der Waals surface area contributed by atoms with Gasteiger partial charge >= 0.3 is 0 Å². The fourth-order valence-corrected chi connectivity index (χ4v) is 2.92. The molecule has 2 aromatic carbocycles. The Kier molecular flexibility index (Phi) is 3.68. The molecule has 0 saturated carbocycles. The van der Waals surface area contributed by atoms with E-state index in [1.54, 1.807) is 0 Å². The van der Waals surface area contributed by atoms with Crippen molar-refractivity contribution in [2.75, 3.05) is 0 Å². The van der Waals surface area contributed by atoms with E-state index in [4.69, 9.17) is 15.2 Å². The molecule has 2 N–H and O–H groups in total. The van der Waals surface area contributed by atoms with E-state index in [9.17, 15) is 0 Å². The molecule has 2 aromatic rings. The van der Waals surface area contributed by atoms with Crippen LogP contribution in [0.15, 0.2) is 40.9 Å². The lowest BCUT2D eigenvalue weighted by Gasteiger charge is -2.18. The molecule has 0 saturated heterocycles. The molecular weight excluding hydrogens is 330 g/mol. The third-order valence-corrected chi connectivity index (χ3v) is 4.02. The Morgan fingerprint density at radius 3 is 2.81 bits per heavy atom. The average molecular weight is 348 g/mol. The molecule has 110 valence electrons. The van der Waals surface area contributed by atoms with E-state index in [1.807, 2.05) is 30.3 Å². The quantitative estimate of drug-likeness (QED) is 0.893. The number of hydrogen-bond donors (Lipinski definition) is 1. The van der Waals surface area contributed by atoms with Crippen LogP contribution in [0.25, 0.3) is 0 Å². The van der Waals surface area contributed by atoms with Crippen LogP contribution in [0.5, 0.6) is 17.2 Å². The average Bonchev–Trinajstić information content (AvgIpc) is 2.74. The lowest BCUT2D eigenvalue weighted by Crippen LogP contribution is -2.24. The molecule has 3 rings (SSSR count). The minimum absolute atomic E-state index is 0.185. The largest absolute Gasteiger partial charge is 0.483 e. The number of hydrogen-bond acceptors (Lipinski definition) is 3. The van der Waals surface area contributed by atoms with E-state index in [2.05, 4.69) is 35.8 Å². The lowest BCUT2D eigenvalue weighted by molar-refractivity contribution is 0.135. The molecule has 0 radical (unpaired) electrons. The second-order valence-corrected chi connectivity index (χ2v) is 6.76. The van der Waals surface area contributed by atoms with Crippen LogP contribution in [-0.2, 0) is 13.0 Å². The maximum Gasteiger partial charge on any atom is 0.169 e. The van der Waals surface area contributed by atoms with E-state index in [0.717, 1.165) is 33.7 Å². The molecule has 1 aliphatic rings. The molecule has 0 fully saturated rings. The van der Waals surface area contributed by atoms with Gasteiger partial charge in [0.25, 0.3) is 0 Å². The van der Waals surface area contributed by atoms with Crippen molar-refractivity contribution in [2.45, 2.75) is 32.4 Å². The summed E-state index contributed by atoms with van der Waals surface area (Å²) >= 11 is 3.47. The number of rotatable bonds is 3. The first-order valence-electron chi connectivity index (χ1n) is 6.96. The van der Waals surface area contributed by atoms with Gasteiger partial charge in [-0.2, -0.15) is 0 Å². The zero-order valence-corrected chi connectivity index (χ0v) is 13.7. The first kappa shape index (κ1) is 14.4. The number of benzene rings is 2. The first-order valence-corrected chi connectivity index (χ1v) is 7.75. The second kappa shape index (κ2) is 5.35. The second-order valence-electron chi connectivity index (χ2n) is 5.84. The van der Waals surface area contributed by atoms with Gasteiger partial charge < -0.3 is 15.2 Å². The van der Waals surface area contributed by atoms with Crippen LogP contribution in [0.3, 0.4) is 0 Å². The Hall–Kier alpha value is -1.52. The maximum absolute atomic E-state index is 6.08. The van der Waals surface area contributed by atoms with Gasteiger partial charge in [-0.15, -0.1) is 0 Å². The van der Waals surface area contributed by atoms with Crippen molar-refractivity contribution in [3.05, 3.63) is 52.0 Å². The fraction of sp³-hybridized carbons (Fsp3) is 0.294. The lowest BCUT2D eigenvalue weighted by atomic mass is 10.0. The molecule has 3 nitrogen and oxygen atoms in total. The molecule has 1 aliphatic heterocycles. The van der Waals surface area contributed by atoms with E-state index < -0.39 is 0 Å². The number of halogens is 1. The van der Waals surface area contributed by atoms with Gasteiger partial charge in [0.15, 0.2) is 11.5 Å². The molecule has 0 bridgehead atoms. The van der Waals surface area contributed by atoms with E-state index in [0.29, 0.717) is 6.54 Å². The Balaban J connectivity index is 1.98. The van der Waals surface area contributed by atoms with Crippen LogP contribution in [0.2, 0.25) is 0 Å². The van der Waals surface area contributed by atoms with Crippen molar-refractivity contribution < 1.29 is 9.47 Å². The summed E-state index contributed by atoms with van der Waals surface area (Å²) in [5.74, 6) is 2.34. The van der Waals surface area contributed by atoms with Gasteiger partial charge in [-0.25, -0.2) is 0 Å². The minimum Gasteiger partial charge on any atom is -0.483 e. The van der Waals surface area contributed by atoms with Gasteiger partial charge in [0, 0.05) is 28.6 Å². The summed E-state index contributed by atoms with van der Waals surface area (Å²) in [6.07, 6.45) is 0.891. The highest BCUT2D eigenvalue weighted by atomic mass is 79.9. The predicted octanol–water partition coefficient (Wildman–Crippen LogP) is 4.41. The van der Waals surface area contributed by atoms with Crippen molar-refractivity contribution in [3.63, 3.8) is 0 Å². The van der Waals surface area contributed by atoms with Crippen molar-refractivity contribution in [2.24, 2.45) is 5.73 Å².